The standard InChI is InChI=1S/C5H13NO3S/c1-5(7)4-6(2)10(3,8)9/h5,7H,4H2,1-3H3/t5-/m1/s1. The summed E-state index contributed by atoms with van der Waals surface area (Å²) in [6.45, 7) is 1.69. The van der Waals surface area contributed by atoms with Crippen molar-refractivity contribution >= 4 is 10.0 Å². The number of aliphatic hydroxyl groups is 1. The minimum Gasteiger partial charge on any atom is -0.392 e. The van der Waals surface area contributed by atoms with Crippen molar-refractivity contribution in [2.45, 2.75) is 13.0 Å². The fourth-order valence-corrected chi connectivity index (χ4v) is 0.994. The molecule has 0 bridgehead atoms. The fourth-order valence-electron chi connectivity index (χ4n) is 0.507. The van der Waals surface area contributed by atoms with E-state index in [1.165, 1.54) is 7.05 Å². The molecular weight excluding hydrogens is 154 g/mol. The zero-order chi connectivity index (χ0) is 8.36. The van der Waals surface area contributed by atoms with Gasteiger partial charge >= 0.3 is 0 Å². The summed E-state index contributed by atoms with van der Waals surface area (Å²) in [4.78, 5) is 0. The average Bonchev–Trinajstić information content (AvgIpc) is 1.60. The van der Waals surface area contributed by atoms with Crippen molar-refractivity contribution in [2.75, 3.05) is 19.8 Å². The summed E-state index contributed by atoms with van der Waals surface area (Å²) >= 11 is 0. The van der Waals surface area contributed by atoms with E-state index in [9.17, 15) is 8.42 Å². The van der Waals surface area contributed by atoms with E-state index in [0.717, 1.165) is 10.6 Å². The highest BCUT2D eigenvalue weighted by Gasteiger charge is 2.11. The first-order chi connectivity index (χ1) is 4.34. The number of hydrogen-bond donors (Lipinski definition) is 1. The summed E-state index contributed by atoms with van der Waals surface area (Å²) in [5, 5.41) is 8.78. The third-order valence-corrected chi connectivity index (χ3v) is 2.37. The van der Waals surface area contributed by atoms with Gasteiger partial charge in [-0.25, -0.2) is 12.7 Å². The molecular formula is C5H13NO3S. The van der Waals surface area contributed by atoms with Crippen molar-refractivity contribution in [3.8, 4) is 0 Å². The van der Waals surface area contributed by atoms with Crippen LogP contribution in [-0.2, 0) is 10.0 Å². The van der Waals surface area contributed by atoms with Crippen LogP contribution < -0.4 is 0 Å². The molecule has 0 aromatic carbocycles. The molecule has 0 aromatic rings. The van der Waals surface area contributed by atoms with Gasteiger partial charge in [0, 0.05) is 13.6 Å². The van der Waals surface area contributed by atoms with Crippen molar-refractivity contribution < 1.29 is 13.5 Å². The fraction of sp³-hybridized carbons (Fsp3) is 1.00. The zero-order valence-electron chi connectivity index (χ0n) is 6.40. The Bertz CT molecular complexity index is 185. The molecule has 0 rings (SSSR count). The van der Waals surface area contributed by atoms with Crippen molar-refractivity contribution in [3.05, 3.63) is 0 Å². The van der Waals surface area contributed by atoms with Crippen LogP contribution in [0.2, 0.25) is 0 Å². The topological polar surface area (TPSA) is 57.6 Å². The number of hydrogen-bond acceptors (Lipinski definition) is 3. The molecule has 62 valence electrons. The van der Waals surface area contributed by atoms with E-state index in [4.69, 9.17) is 5.11 Å². The second kappa shape index (κ2) is 3.32. The van der Waals surface area contributed by atoms with Gasteiger partial charge in [-0.15, -0.1) is 0 Å². The normalized spacial score (nSPS) is 15.7. The summed E-state index contributed by atoms with van der Waals surface area (Å²) in [5.74, 6) is 0. The average molecular weight is 167 g/mol. The molecule has 0 aliphatic carbocycles. The Balaban J connectivity index is 3.99. The minimum atomic E-state index is -3.12. The van der Waals surface area contributed by atoms with Crippen LogP contribution in [0.4, 0.5) is 0 Å². The quantitative estimate of drug-likeness (QED) is 0.602. The molecule has 0 aliphatic rings. The van der Waals surface area contributed by atoms with Crippen molar-refractivity contribution in [1.29, 1.82) is 0 Å². The van der Waals surface area contributed by atoms with Gasteiger partial charge in [0.2, 0.25) is 10.0 Å². The van der Waals surface area contributed by atoms with Crippen LogP contribution in [0.1, 0.15) is 6.92 Å². The lowest BCUT2D eigenvalue weighted by molar-refractivity contribution is 0.171. The molecule has 4 nitrogen and oxygen atoms in total. The molecule has 0 amide bonds. The molecule has 0 fully saturated rings. The Morgan fingerprint density at radius 3 is 2.10 bits per heavy atom. The highest BCUT2D eigenvalue weighted by Crippen LogP contribution is 1.94. The van der Waals surface area contributed by atoms with E-state index in [2.05, 4.69) is 0 Å². The van der Waals surface area contributed by atoms with E-state index in [-0.39, 0.29) is 6.54 Å². The van der Waals surface area contributed by atoms with Crippen LogP contribution in [0, 0.1) is 0 Å². The van der Waals surface area contributed by atoms with Gasteiger partial charge in [-0.2, -0.15) is 0 Å². The molecule has 0 saturated heterocycles. The maximum atomic E-state index is 10.7. The van der Waals surface area contributed by atoms with Gasteiger partial charge in [-0.3, -0.25) is 0 Å². The smallest absolute Gasteiger partial charge is 0.211 e. The molecule has 1 N–H and O–H groups in total. The lowest BCUT2D eigenvalue weighted by atomic mass is 10.4. The van der Waals surface area contributed by atoms with E-state index in [0.29, 0.717) is 0 Å². The Hall–Kier alpha value is -0.130. The van der Waals surface area contributed by atoms with E-state index >= 15 is 0 Å². The lowest BCUT2D eigenvalue weighted by Gasteiger charge is -2.14. The molecule has 0 unspecified atom stereocenters. The van der Waals surface area contributed by atoms with Gasteiger partial charge in [-0.05, 0) is 6.92 Å². The summed E-state index contributed by atoms with van der Waals surface area (Å²) in [6.07, 6.45) is 0.495. The third kappa shape index (κ3) is 3.81. The first-order valence-electron chi connectivity index (χ1n) is 2.93. The molecule has 0 aliphatic heterocycles. The van der Waals surface area contributed by atoms with Crippen LogP contribution >= 0.6 is 0 Å². The number of rotatable bonds is 3. The monoisotopic (exact) mass is 167 g/mol. The zero-order valence-corrected chi connectivity index (χ0v) is 7.22. The molecule has 0 spiro atoms. The van der Waals surface area contributed by atoms with Crippen molar-refractivity contribution in [1.82, 2.24) is 4.31 Å². The second-order valence-corrected chi connectivity index (χ2v) is 4.48. The maximum Gasteiger partial charge on any atom is 0.211 e. The van der Waals surface area contributed by atoms with Crippen LogP contribution in [0.3, 0.4) is 0 Å². The van der Waals surface area contributed by atoms with Gasteiger partial charge in [0.15, 0.2) is 0 Å². The Morgan fingerprint density at radius 2 is 2.00 bits per heavy atom. The van der Waals surface area contributed by atoms with Gasteiger partial charge in [-0.1, -0.05) is 0 Å². The Kier molecular flexibility index (Phi) is 3.27. The third-order valence-electron chi connectivity index (χ3n) is 1.09. The first kappa shape index (κ1) is 9.87. The van der Waals surface area contributed by atoms with Gasteiger partial charge in [0.05, 0.1) is 12.4 Å². The summed E-state index contributed by atoms with van der Waals surface area (Å²) in [6, 6.07) is 0. The van der Waals surface area contributed by atoms with Crippen LogP contribution in [-0.4, -0.2) is 43.8 Å². The summed E-state index contributed by atoms with van der Waals surface area (Å²) < 4.78 is 22.5. The highest BCUT2D eigenvalue weighted by atomic mass is 32.2. The minimum absolute atomic E-state index is 0.152. The molecule has 0 heterocycles. The number of sulfonamides is 1. The van der Waals surface area contributed by atoms with Gasteiger partial charge < -0.3 is 5.11 Å². The molecule has 1 atom stereocenters. The van der Waals surface area contributed by atoms with Gasteiger partial charge in [0.1, 0.15) is 0 Å². The molecule has 0 aromatic heterocycles. The SMILES string of the molecule is C[C@@H](O)CN(C)S(C)(=O)=O. The maximum absolute atomic E-state index is 10.7. The molecule has 5 heteroatoms. The second-order valence-electron chi connectivity index (χ2n) is 2.39. The predicted molar refractivity (Wildman–Crippen MR) is 39.2 cm³/mol. The predicted octanol–water partition coefficient (Wildman–Crippen LogP) is -0.741. The van der Waals surface area contributed by atoms with Crippen molar-refractivity contribution in [2.24, 2.45) is 0 Å². The first-order valence-corrected chi connectivity index (χ1v) is 4.78. The number of likely N-dealkylation sites (N-methyl/N-ethyl adjacent to an activating group) is 1. The molecule has 10 heavy (non-hydrogen) atoms. The largest absolute Gasteiger partial charge is 0.392 e. The Labute approximate surface area is 61.5 Å². The molecule has 0 saturated carbocycles. The van der Waals surface area contributed by atoms with E-state index in [1.807, 2.05) is 0 Å². The van der Waals surface area contributed by atoms with Crippen LogP contribution in [0.25, 0.3) is 0 Å². The highest BCUT2D eigenvalue weighted by molar-refractivity contribution is 7.88. The van der Waals surface area contributed by atoms with Crippen molar-refractivity contribution in [3.63, 3.8) is 0 Å². The van der Waals surface area contributed by atoms with E-state index in [1.54, 1.807) is 6.92 Å². The van der Waals surface area contributed by atoms with E-state index < -0.39 is 16.1 Å². The van der Waals surface area contributed by atoms with Gasteiger partial charge in [0.25, 0.3) is 0 Å². The lowest BCUT2D eigenvalue weighted by Crippen LogP contribution is -2.32. The summed E-state index contributed by atoms with van der Waals surface area (Å²) in [7, 11) is -1.69. The number of aliphatic hydroxyl groups excluding tert-OH is 1. The summed E-state index contributed by atoms with van der Waals surface area (Å²) in [5.41, 5.74) is 0. The van der Waals surface area contributed by atoms with Crippen LogP contribution in [0.5, 0.6) is 0 Å². The molecule has 0 radical (unpaired) electrons. The Morgan fingerprint density at radius 1 is 1.60 bits per heavy atom. The number of nitrogens with zero attached hydrogens (tertiary/aromatic N) is 1. The van der Waals surface area contributed by atoms with Crippen LogP contribution in [0.15, 0.2) is 0 Å².